The number of para-hydroxylation sites is 1. The number of hydrogen-bond acceptors (Lipinski definition) is 6. The van der Waals surface area contributed by atoms with E-state index in [1.54, 1.807) is 32.0 Å². The fourth-order valence-corrected chi connectivity index (χ4v) is 4.69. The molecule has 0 radical (unpaired) electrons. The number of carbonyl (C=O) groups is 2. The van der Waals surface area contributed by atoms with E-state index >= 15 is 0 Å². The summed E-state index contributed by atoms with van der Waals surface area (Å²) in [5, 5.41) is 12.9. The van der Waals surface area contributed by atoms with Gasteiger partial charge in [-0.2, -0.15) is 0 Å². The molecule has 192 valence electrons. The molecule has 1 unspecified atom stereocenters. The predicted molar refractivity (Wildman–Crippen MR) is 139 cm³/mol. The number of carbonyl (C=O) groups excluding carboxylic acids is 1. The van der Waals surface area contributed by atoms with E-state index < -0.39 is 17.9 Å². The van der Waals surface area contributed by atoms with E-state index in [0.717, 1.165) is 5.56 Å². The molecule has 1 aliphatic heterocycles. The molecule has 7 nitrogen and oxygen atoms in total. The predicted octanol–water partition coefficient (Wildman–Crippen LogP) is 5.04. The number of hydrogen-bond donors (Lipinski definition) is 3. The summed E-state index contributed by atoms with van der Waals surface area (Å²) in [6.45, 7) is 3.74. The highest BCUT2D eigenvalue weighted by molar-refractivity contribution is 5.99. The summed E-state index contributed by atoms with van der Waals surface area (Å²) in [4.78, 5) is 24.6. The van der Waals surface area contributed by atoms with Gasteiger partial charge in [0.25, 0.3) is 0 Å². The fourth-order valence-electron chi connectivity index (χ4n) is 4.69. The smallest absolute Gasteiger partial charge is 0.336 e. The molecule has 1 heterocycles. The van der Waals surface area contributed by atoms with E-state index in [9.17, 15) is 14.7 Å². The molecule has 2 aromatic rings. The first kappa shape index (κ1) is 27.0. The Morgan fingerprint density at radius 1 is 0.944 bits per heavy atom. The summed E-state index contributed by atoms with van der Waals surface area (Å²) in [7, 11) is 1.28. The van der Waals surface area contributed by atoms with Gasteiger partial charge in [0.05, 0.1) is 24.2 Å². The molecule has 4 rings (SSSR count). The SMILES string of the molecule is COC(=O)C1=C(C)NC(C)=C(C(=O)O)C1c1ccccc1OCc1ccccc1.NC1CCCCC1. The van der Waals surface area contributed by atoms with E-state index in [4.69, 9.17) is 15.2 Å². The van der Waals surface area contributed by atoms with Crippen LogP contribution in [0.5, 0.6) is 5.75 Å². The Kier molecular flexibility index (Phi) is 9.70. The number of carboxylic acid groups (broad SMARTS) is 1. The van der Waals surface area contributed by atoms with Crippen molar-refractivity contribution in [2.24, 2.45) is 5.73 Å². The summed E-state index contributed by atoms with van der Waals surface area (Å²) < 4.78 is 11.0. The number of allylic oxidation sites excluding steroid dienone is 2. The Balaban J connectivity index is 0.000000444. The monoisotopic (exact) mass is 492 g/mol. The summed E-state index contributed by atoms with van der Waals surface area (Å²) in [5.41, 5.74) is 8.60. The number of dihydropyridines is 1. The van der Waals surface area contributed by atoms with Crippen LogP contribution in [0.15, 0.2) is 77.1 Å². The fraction of sp³-hybridized carbons (Fsp3) is 0.379. The van der Waals surface area contributed by atoms with Gasteiger partial charge in [0, 0.05) is 23.0 Å². The second-order valence-electron chi connectivity index (χ2n) is 9.14. The highest BCUT2D eigenvalue weighted by Crippen LogP contribution is 2.42. The lowest BCUT2D eigenvalue weighted by Gasteiger charge is -2.30. The number of rotatable bonds is 6. The van der Waals surface area contributed by atoms with E-state index in [2.05, 4.69) is 5.32 Å². The van der Waals surface area contributed by atoms with Gasteiger partial charge in [0.2, 0.25) is 0 Å². The molecule has 1 aliphatic carbocycles. The van der Waals surface area contributed by atoms with Crippen molar-refractivity contribution >= 4 is 11.9 Å². The van der Waals surface area contributed by atoms with Crippen molar-refractivity contribution in [1.29, 1.82) is 0 Å². The topological polar surface area (TPSA) is 111 Å². The van der Waals surface area contributed by atoms with Crippen LogP contribution in [0.1, 0.15) is 63.0 Å². The molecule has 7 heteroatoms. The number of benzene rings is 2. The van der Waals surface area contributed by atoms with Gasteiger partial charge in [0.1, 0.15) is 12.4 Å². The molecule has 2 aliphatic rings. The quantitative estimate of drug-likeness (QED) is 0.485. The van der Waals surface area contributed by atoms with Gasteiger partial charge in [-0.15, -0.1) is 0 Å². The third-order valence-electron chi connectivity index (χ3n) is 6.51. The van der Waals surface area contributed by atoms with E-state index in [1.807, 2.05) is 36.4 Å². The van der Waals surface area contributed by atoms with Crippen molar-refractivity contribution in [3.05, 3.63) is 88.3 Å². The molecule has 0 spiro atoms. The first-order valence-corrected chi connectivity index (χ1v) is 12.3. The lowest BCUT2D eigenvalue weighted by molar-refractivity contribution is -0.136. The molecule has 1 fully saturated rings. The van der Waals surface area contributed by atoms with Crippen molar-refractivity contribution in [1.82, 2.24) is 5.32 Å². The maximum Gasteiger partial charge on any atom is 0.336 e. The largest absolute Gasteiger partial charge is 0.489 e. The van der Waals surface area contributed by atoms with Crippen LogP contribution in [0.4, 0.5) is 0 Å². The van der Waals surface area contributed by atoms with Crippen LogP contribution in [0.25, 0.3) is 0 Å². The van der Waals surface area contributed by atoms with Crippen molar-refractivity contribution < 1.29 is 24.2 Å². The zero-order chi connectivity index (χ0) is 26.1. The van der Waals surface area contributed by atoms with Gasteiger partial charge >= 0.3 is 11.9 Å². The minimum absolute atomic E-state index is 0.0896. The minimum Gasteiger partial charge on any atom is -0.489 e. The molecule has 0 bridgehead atoms. The maximum atomic E-state index is 12.6. The van der Waals surface area contributed by atoms with Crippen molar-refractivity contribution in [2.45, 2.75) is 64.5 Å². The average molecular weight is 493 g/mol. The summed E-state index contributed by atoms with van der Waals surface area (Å²) in [6.07, 6.45) is 6.66. The Bertz CT molecular complexity index is 1120. The van der Waals surface area contributed by atoms with Gasteiger partial charge in [-0.3, -0.25) is 0 Å². The van der Waals surface area contributed by atoms with Crippen molar-refractivity contribution in [3.63, 3.8) is 0 Å². The Labute approximate surface area is 213 Å². The van der Waals surface area contributed by atoms with Crippen LogP contribution < -0.4 is 15.8 Å². The molecule has 36 heavy (non-hydrogen) atoms. The highest BCUT2D eigenvalue weighted by Gasteiger charge is 2.38. The maximum absolute atomic E-state index is 12.6. The van der Waals surface area contributed by atoms with Gasteiger partial charge < -0.3 is 25.6 Å². The van der Waals surface area contributed by atoms with Crippen LogP contribution in [-0.4, -0.2) is 30.2 Å². The second-order valence-corrected chi connectivity index (χ2v) is 9.14. The Morgan fingerprint density at radius 3 is 2.14 bits per heavy atom. The molecular formula is C29H36N2O5. The van der Waals surface area contributed by atoms with Gasteiger partial charge in [-0.05, 0) is 38.3 Å². The lowest BCUT2D eigenvalue weighted by Crippen LogP contribution is -2.31. The van der Waals surface area contributed by atoms with Gasteiger partial charge in [0.15, 0.2) is 0 Å². The lowest BCUT2D eigenvalue weighted by atomic mass is 9.80. The standard InChI is InChI=1S/C23H23NO5.C6H13N/c1-14-19(22(25)26)21(20(15(2)24-14)23(27)28-3)17-11-7-8-12-18(17)29-13-16-9-5-4-6-10-16;7-6-4-2-1-3-5-6/h4-12,21,24H,13H2,1-3H3,(H,25,26);6H,1-5,7H2. The minimum atomic E-state index is -1.10. The molecule has 0 amide bonds. The van der Waals surface area contributed by atoms with E-state index in [0.29, 0.717) is 35.4 Å². The van der Waals surface area contributed by atoms with Gasteiger partial charge in [-0.25, -0.2) is 9.59 Å². The second kappa shape index (κ2) is 12.9. The van der Waals surface area contributed by atoms with Crippen LogP contribution in [0, 0.1) is 0 Å². The summed E-state index contributed by atoms with van der Waals surface area (Å²) in [6, 6.07) is 17.4. The normalized spacial score (nSPS) is 18.1. The number of nitrogens with two attached hydrogens (primary N) is 1. The number of nitrogens with one attached hydrogen (secondary N) is 1. The number of ether oxygens (including phenoxy) is 2. The highest BCUT2D eigenvalue weighted by atomic mass is 16.5. The molecule has 2 aromatic carbocycles. The van der Waals surface area contributed by atoms with E-state index in [-0.39, 0.29) is 11.1 Å². The van der Waals surface area contributed by atoms with Gasteiger partial charge in [-0.1, -0.05) is 67.8 Å². The Morgan fingerprint density at radius 2 is 1.56 bits per heavy atom. The van der Waals surface area contributed by atoms with Crippen LogP contribution >= 0.6 is 0 Å². The molecule has 0 saturated heterocycles. The Hall–Kier alpha value is -3.58. The summed E-state index contributed by atoms with van der Waals surface area (Å²) in [5.74, 6) is -1.98. The van der Waals surface area contributed by atoms with E-state index in [1.165, 1.54) is 39.2 Å². The number of aliphatic carboxylic acids is 1. The summed E-state index contributed by atoms with van der Waals surface area (Å²) >= 11 is 0. The molecule has 1 saturated carbocycles. The van der Waals surface area contributed by atoms with Crippen LogP contribution in [0.3, 0.4) is 0 Å². The molecule has 0 aromatic heterocycles. The molecule has 1 atom stereocenters. The third-order valence-corrected chi connectivity index (χ3v) is 6.51. The third kappa shape index (κ3) is 6.76. The first-order valence-electron chi connectivity index (χ1n) is 12.3. The zero-order valence-electron chi connectivity index (χ0n) is 21.3. The van der Waals surface area contributed by atoms with Crippen LogP contribution in [-0.2, 0) is 20.9 Å². The molecule has 4 N–H and O–H groups in total. The average Bonchev–Trinajstić information content (AvgIpc) is 2.88. The number of carboxylic acids is 1. The van der Waals surface area contributed by atoms with Crippen molar-refractivity contribution in [2.75, 3.05) is 7.11 Å². The molecular weight excluding hydrogens is 456 g/mol. The number of esters is 1. The first-order chi connectivity index (χ1) is 17.3. The number of methoxy groups -OCH3 is 1. The van der Waals surface area contributed by atoms with Crippen LogP contribution in [0.2, 0.25) is 0 Å². The zero-order valence-corrected chi connectivity index (χ0v) is 21.3. The van der Waals surface area contributed by atoms with Crippen molar-refractivity contribution in [3.8, 4) is 5.75 Å².